The van der Waals surface area contributed by atoms with Gasteiger partial charge in [0.25, 0.3) is 5.91 Å². The number of carbonyl (C=O) groups excluding carboxylic acids is 1. The molecule has 0 saturated heterocycles. The Bertz CT molecular complexity index is 578. The SMILES string of the molecule is Nc1cccc(CN(C(=O)c2cncs2)C2CC2)c1. The van der Waals surface area contributed by atoms with Crippen LogP contribution < -0.4 is 5.73 Å². The minimum atomic E-state index is 0.0763. The van der Waals surface area contributed by atoms with Gasteiger partial charge in [-0.1, -0.05) is 12.1 Å². The maximum absolute atomic E-state index is 12.4. The van der Waals surface area contributed by atoms with Gasteiger partial charge < -0.3 is 10.6 Å². The summed E-state index contributed by atoms with van der Waals surface area (Å²) in [5.41, 5.74) is 9.29. The lowest BCUT2D eigenvalue weighted by Gasteiger charge is -2.21. The second kappa shape index (κ2) is 5.01. The molecule has 0 spiro atoms. The summed E-state index contributed by atoms with van der Waals surface area (Å²) in [7, 11) is 0. The van der Waals surface area contributed by atoms with Crippen LogP contribution in [-0.4, -0.2) is 21.8 Å². The molecule has 98 valence electrons. The van der Waals surface area contributed by atoms with Crippen LogP contribution in [0.4, 0.5) is 5.69 Å². The van der Waals surface area contributed by atoms with Crippen molar-refractivity contribution in [1.29, 1.82) is 0 Å². The normalized spacial score (nSPS) is 14.3. The standard InChI is InChI=1S/C14H15N3OS/c15-11-3-1-2-10(6-11)8-17(12-4-5-12)14(18)13-7-16-9-19-13/h1-3,6-7,9,12H,4-5,8,15H2. The Morgan fingerprint density at radius 2 is 2.32 bits per heavy atom. The van der Waals surface area contributed by atoms with Crippen LogP contribution in [0.2, 0.25) is 0 Å². The zero-order valence-electron chi connectivity index (χ0n) is 10.5. The van der Waals surface area contributed by atoms with Gasteiger partial charge in [0, 0.05) is 18.3 Å². The number of hydrogen-bond donors (Lipinski definition) is 1. The molecule has 1 saturated carbocycles. The third kappa shape index (κ3) is 2.76. The van der Waals surface area contributed by atoms with Crippen LogP contribution in [0.15, 0.2) is 36.0 Å². The summed E-state index contributed by atoms with van der Waals surface area (Å²) in [5.74, 6) is 0.0763. The zero-order valence-corrected chi connectivity index (χ0v) is 11.3. The number of aromatic nitrogens is 1. The molecule has 1 aliphatic carbocycles. The fourth-order valence-corrected chi connectivity index (χ4v) is 2.68. The number of hydrogen-bond acceptors (Lipinski definition) is 4. The average Bonchev–Trinajstić information content (AvgIpc) is 3.09. The summed E-state index contributed by atoms with van der Waals surface area (Å²) in [6.07, 6.45) is 3.82. The molecule has 5 heteroatoms. The molecular formula is C14H15N3OS. The number of nitrogen functional groups attached to an aromatic ring is 1. The quantitative estimate of drug-likeness (QED) is 0.871. The fraction of sp³-hybridized carbons (Fsp3) is 0.286. The molecule has 1 aliphatic rings. The van der Waals surface area contributed by atoms with E-state index < -0.39 is 0 Å². The molecule has 0 unspecified atom stereocenters. The summed E-state index contributed by atoms with van der Waals surface area (Å²) in [6.45, 7) is 0.617. The van der Waals surface area contributed by atoms with Crippen molar-refractivity contribution in [1.82, 2.24) is 9.88 Å². The summed E-state index contributed by atoms with van der Waals surface area (Å²) in [5, 5.41) is 0. The van der Waals surface area contributed by atoms with Crippen molar-refractivity contribution in [3.8, 4) is 0 Å². The van der Waals surface area contributed by atoms with Crippen molar-refractivity contribution in [2.24, 2.45) is 0 Å². The van der Waals surface area contributed by atoms with Gasteiger partial charge in [-0.15, -0.1) is 11.3 Å². The minimum Gasteiger partial charge on any atom is -0.399 e. The Hall–Kier alpha value is -1.88. The fourth-order valence-electron chi connectivity index (χ4n) is 2.10. The maximum Gasteiger partial charge on any atom is 0.266 e. The van der Waals surface area contributed by atoms with E-state index in [1.165, 1.54) is 11.3 Å². The second-order valence-electron chi connectivity index (χ2n) is 4.77. The molecule has 1 aromatic carbocycles. The lowest BCUT2D eigenvalue weighted by molar-refractivity contribution is 0.0734. The van der Waals surface area contributed by atoms with Crippen molar-refractivity contribution in [3.63, 3.8) is 0 Å². The molecule has 1 aromatic heterocycles. The highest BCUT2D eigenvalue weighted by molar-refractivity contribution is 7.11. The first-order valence-corrected chi connectivity index (χ1v) is 7.16. The van der Waals surface area contributed by atoms with Gasteiger partial charge in [-0.25, -0.2) is 0 Å². The summed E-state index contributed by atoms with van der Waals surface area (Å²) < 4.78 is 0. The van der Waals surface area contributed by atoms with Crippen molar-refractivity contribution < 1.29 is 4.79 Å². The lowest BCUT2D eigenvalue weighted by atomic mass is 10.2. The average molecular weight is 273 g/mol. The molecule has 2 aromatic rings. The van der Waals surface area contributed by atoms with Gasteiger partial charge in [0.2, 0.25) is 0 Å². The van der Waals surface area contributed by atoms with Crippen molar-refractivity contribution >= 4 is 22.9 Å². The molecule has 1 heterocycles. The van der Waals surface area contributed by atoms with Crippen LogP contribution in [0.3, 0.4) is 0 Å². The predicted octanol–water partition coefficient (Wildman–Crippen LogP) is 2.53. The van der Waals surface area contributed by atoms with E-state index in [-0.39, 0.29) is 5.91 Å². The highest BCUT2D eigenvalue weighted by atomic mass is 32.1. The van der Waals surface area contributed by atoms with Crippen LogP contribution in [0.1, 0.15) is 28.1 Å². The Kier molecular flexibility index (Phi) is 3.21. The molecule has 0 atom stereocenters. The Morgan fingerprint density at radius 1 is 1.47 bits per heavy atom. The van der Waals surface area contributed by atoms with Crippen LogP contribution in [0.5, 0.6) is 0 Å². The monoisotopic (exact) mass is 273 g/mol. The smallest absolute Gasteiger partial charge is 0.266 e. The zero-order chi connectivity index (χ0) is 13.2. The Balaban J connectivity index is 1.80. The van der Waals surface area contributed by atoms with Crippen molar-refractivity contribution in [3.05, 3.63) is 46.4 Å². The molecule has 0 bridgehead atoms. The Labute approximate surface area is 115 Å². The van der Waals surface area contributed by atoms with E-state index in [4.69, 9.17) is 5.73 Å². The molecule has 1 amide bonds. The molecule has 2 N–H and O–H groups in total. The van der Waals surface area contributed by atoms with Gasteiger partial charge in [-0.3, -0.25) is 9.78 Å². The Morgan fingerprint density at radius 3 is 2.95 bits per heavy atom. The number of nitrogens with two attached hydrogens (primary N) is 1. The number of carbonyl (C=O) groups is 1. The van der Waals surface area contributed by atoms with Crippen LogP contribution >= 0.6 is 11.3 Å². The van der Waals surface area contributed by atoms with E-state index in [1.807, 2.05) is 29.2 Å². The topological polar surface area (TPSA) is 59.2 Å². The van der Waals surface area contributed by atoms with E-state index in [0.717, 1.165) is 24.1 Å². The molecule has 0 radical (unpaired) electrons. The van der Waals surface area contributed by atoms with Crippen LogP contribution in [-0.2, 0) is 6.54 Å². The van der Waals surface area contributed by atoms with E-state index >= 15 is 0 Å². The summed E-state index contributed by atoms with van der Waals surface area (Å²) in [6, 6.07) is 8.08. The van der Waals surface area contributed by atoms with E-state index in [0.29, 0.717) is 17.5 Å². The third-order valence-electron chi connectivity index (χ3n) is 3.20. The first-order chi connectivity index (χ1) is 9.24. The van der Waals surface area contributed by atoms with Crippen LogP contribution in [0.25, 0.3) is 0 Å². The van der Waals surface area contributed by atoms with Gasteiger partial charge in [0.1, 0.15) is 4.88 Å². The van der Waals surface area contributed by atoms with Gasteiger partial charge in [0.15, 0.2) is 0 Å². The van der Waals surface area contributed by atoms with Gasteiger partial charge in [-0.05, 0) is 30.5 Å². The first-order valence-electron chi connectivity index (χ1n) is 6.28. The van der Waals surface area contributed by atoms with E-state index in [1.54, 1.807) is 11.7 Å². The van der Waals surface area contributed by atoms with E-state index in [2.05, 4.69) is 4.98 Å². The van der Waals surface area contributed by atoms with Crippen LogP contribution in [0, 0.1) is 0 Å². The summed E-state index contributed by atoms with van der Waals surface area (Å²) >= 11 is 1.39. The van der Waals surface area contributed by atoms with E-state index in [9.17, 15) is 4.79 Å². The first kappa shape index (κ1) is 12.2. The number of anilines is 1. The molecule has 19 heavy (non-hydrogen) atoms. The number of nitrogens with zero attached hydrogens (tertiary/aromatic N) is 2. The number of rotatable bonds is 4. The second-order valence-corrected chi connectivity index (χ2v) is 5.66. The highest BCUT2D eigenvalue weighted by Crippen LogP contribution is 2.30. The highest BCUT2D eigenvalue weighted by Gasteiger charge is 2.33. The van der Waals surface area contributed by atoms with Crippen molar-refractivity contribution in [2.45, 2.75) is 25.4 Å². The lowest BCUT2D eigenvalue weighted by Crippen LogP contribution is -2.32. The van der Waals surface area contributed by atoms with Gasteiger partial charge in [-0.2, -0.15) is 0 Å². The molecule has 4 nitrogen and oxygen atoms in total. The minimum absolute atomic E-state index is 0.0763. The van der Waals surface area contributed by atoms with Gasteiger partial charge >= 0.3 is 0 Å². The number of benzene rings is 1. The number of amides is 1. The number of thiazole rings is 1. The predicted molar refractivity (Wildman–Crippen MR) is 75.9 cm³/mol. The summed E-state index contributed by atoms with van der Waals surface area (Å²) in [4.78, 5) is 19.1. The third-order valence-corrected chi connectivity index (χ3v) is 3.96. The molecule has 3 rings (SSSR count). The maximum atomic E-state index is 12.4. The molecule has 0 aliphatic heterocycles. The van der Waals surface area contributed by atoms with Gasteiger partial charge in [0.05, 0.1) is 11.7 Å². The molecular weight excluding hydrogens is 258 g/mol. The largest absolute Gasteiger partial charge is 0.399 e. The van der Waals surface area contributed by atoms with Crippen molar-refractivity contribution in [2.75, 3.05) is 5.73 Å². The molecule has 1 fully saturated rings.